The number of sulfonamides is 1. The first kappa shape index (κ1) is 17.7. The summed E-state index contributed by atoms with van der Waals surface area (Å²) in [6.45, 7) is -1.06. The summed E-state index contributed by atoms with van der Waals surface area (Å²) < 4.78 is 63.1. The molecule has 0 amide bonds. The van der Waals surface area contributed by atoms with Crippen LogP contribution in [0.1, 0.15) is 5.56 Å². The second-order valence-corrected chi connectivity index (χ2v) is 5.96. The van der Waals surface area contributed by atoms with Crippen LogP contribution in [0.4, 0.5) is 13.2 Å². The average molecular weight is 348 g/mol. The molecule has 1 aromatic carbocycles. The Bertz CT molecular complexity index is 647. The number of benzene rings is 1. The maximum absolute atomic E-state index is 12.6. The second kappa shape index (κ2) is 6.18. The molecule has 118 valence electrons. The maximum atomic E-state index is 12.6. The largest absolute Gasteiger partial charge is 0.480 e. The molecule has 21 heavy (non-hydrogen) atoms. The Labute approximate surface area is 122 Å². The fraction of sp³-hybridized carbons (Fsp3) is 0.300. The van der Waals surface area contributed by atoms with Crippen molar-refractivity contribution in [2.24, 2.45) is 0 Å². The molecule has 0 aliphatic rings. The van der Waals surface area contributed by atoms with Crippen LogP contribution < -0.4 is 4.72 Å². The van der Waals surface area contributed by atoms with Crippen LogP contribution >= 0.6 is 11.6 Å². The van der Waals surface area contributed by atoms with Crippen LogP contribution in [-0.4, -0.2) is 37.2 Å². The van der Waals surface area contributed by atoms with Crippen molar-refractivity contribution in [3.8, 4) is 0 Å². The molecule has 0 unspecified atom stereocenters. The zero-order valence-electron chi connectivity index (χ0n) is 10.1. The number of hydrogen-bond donors (Lipinski definition) is 3. The summed E-state index contributed by atoms with van der Waals surface area (Å²) in [5.74, 6) is -1.67. The zero-order chi connectivity index (χ0) is 16.4. The summed E-state index contributed by atoms with van der Waals surface area (Å²) in [4.78, 5) is 9.81. The Balaban J connectivity index is 3.24. The van der Waals surface area contributed by atoms with E-state index in [0.29, 0.717) is 0 Å². The summed E-state index contributed by atoms with van der Waals surface area (Å²) in [7, 11) is -4.57. The number of aliphatic hydroxyl groups is 1. The van der Waals surface area contributed by atoms with Crippen molar-refractivity contribution in [1.82, 2.24) is 4.72 Å². The van der Waals surface area contributed by atoms with Crippen molar-refractivity contribution >= 4 is 27.6 Å². The smallest absolute Gasteiger partial charge is 0.417 e. The van der Waals surface area contributed by atoms with Gasteiger partial charge in [-0.25, -0.2) is 8.42 Å². The third kappa shape index (κ3) is 4.30. The number of rotatable bonds is 5. The van der Waals surface area contributed by atoms with E-state index in [4.69, 9.17) is 21.8 Å². The van der Waals surface area contributed by atoms with Gasteiger partial charge in [0.1, 0.15) is 6.04 Å². The van der Waals surface area contributed by atoms with E-state index in [2.05, 4.69) is 0 Å². The SMILES string of the molecule is O=C(O)[C@H](CO)NS(=O)(=O)c1ccc(Cl)c(C(F)(F)F)c1. The van der Waals surface area contributed by atoms with Crippen LogP contribution in [0.3, 0.4) is 0 Å². The van der Waals surface area contributed by atoms with E-state index in [9.17, 15) is 26.4 Å². The molecule has 0 spiro atoms. The Morgan fingerprint density at radius 3 is 2.38 bits per heavy atom. The van der Waals surface area contributed by atoms with Gasteiger partial charge in [-0.1, -0.05) is 11.6 Å². The monoisotopic (exact) mass is 347 g/mol. The van der Waals surface area contributed by atoms with Crippen LogP contribution in [0.5, 0.6) is 0 Å². The molecule has 0 heterocycles. The lowest BCUT2D eigenvalue weighted by Crippen LogP contribution is -2.43. The fourth-order valence-corrected chi connectivity index (χ4v) is 2.74. The van der Waals surface area contributed by atoms with Crippen molar-refractivity contribution < 1.29 is 36.6 Å². The van der Waals surface area contributed by atoms with E-state index < -0.39 is 50.3 Å². The molecule has 0 aliphatic heterocycles. The van der Waals surface area contributed by atoms with Gasteiger partial charge in [-0.3, -0.25) is 4.79 Å². The second-order valence-electron chi connectivity index (χ2n) is 3.83. The number of alkyl halides is 3. The number of carboxylic acids is 1. The van der Waals surface area contributed by atoms with E-state index in [1.165, 1.54) is 0 Å². The molecular weight excluding hydrogens is 339 g/mol. The van der Waals surface area contributed by atoms with Crippen molar-refractivity contribution in [3.63, 3.8) is 0 Å². The normalized spacial score (nSPS) is 14.0. The predicted molar refractivity (Wildman–Crippen MR) is 65.3 cm³/mol. The first-order valence-electron chi connectivity index (χ1n) is 5.22. The van der Waals surface area contributed by atoms with E-state index in [-0.39, 0.29) is 6.07 Å². The molecule has 0 fully saturated rings. The van der Waals surface area contributed by atoms with Crippen LogP contribution in [0.2, 0.25) is 5.02 Å². The predicted octanol–water partition coefficient (Wildman–Crippen LogP) is 1.08. The Hall–Kier alpha value is -1.36. The van der Waals surface area contributed by atoms with Crippen molar-refractivity contribution in [2.75, 3.05) is 6.61 Å². The lowest BCUT2D eigenvalue weighted by Gasteiger charge is -2.14. The number of hydrogen-bond acceptors (Lipinski definition) is 4. The highest BCUT2D eigenvalue weighted by atomic mass is 35.5. The highest BCUT2D eigenvalue weighted by Gasteiger charge is 2.35. The van der Waals surface area contributed by atoms with Gasteiger partial charge < -0.3 is 10.2 Å². The van der Waals surface area contributed by atoms with Gasteiger partial charge in [-0.2, -0.15) is 17.9 Å². The lowest BCUT2D eigenvalue weighted by atomic mass is 10.2. The molecule has 1 rings (SSSR count). The summed E-state index contributed by atoms with van der Waals surface area (Å²) in [5.41, 5.74) is -1.37. The number of carboxylic acid groups (broad SMARTS) is 1. The molecule has 6 nitrogen and oxygen atoms in total. The quantitative estimate of drug-likeness (QED) is 0.739. The first-order valence-corrected chi connectivity index (χ1v) is 7.08. The van der Waals surface area contributed by atoms with Crippen LogP contribution in [0.25, 0.3) is 0 Å². The van der Waals surface area contributed by atoms with Crippen molar-refractivity contribution in [3.05, 3.63) is 28.8 Å². The van der Waals surface area contributed by atoms with E-state index in [1.807, 2.05) is 0 Å². The van der Waals surface area contributed by atoms with Crippen molar-refractivity contribution in [1.29, 1.82) is 0 Å². The van der Waals surface area contributed by atoms with Gasteiger partial charge >= 0.3 is 12.1 Å². The van der Waals surface area contributed by atoms with Crippen molar-refractivity contribution in [2.45, 2.75) is 17.1 Å². The third-order valence-corrected chi connectivity index (χ3v) is 4.13. The highest BCUT2D eigenvalue weighted by molar-refractivity contribution is 7.89. The summed E-state index contributed by atoms with van der Waals surface area (Å²) in [6, 6.07) is -0.0786. The van der Waals surface area contributed by atoms with Crippen LogP contribution in [0.15, 0.2) is 23.1 Å². The fourth-order valence-electron chi connectivity index (χ4n) is 1.31. The molecule has 0 bridgehead atoms. The van der Waals surface area contributed by atoms with E-state index in [0.717, 1.165) is 12.1 Å². The highest BCUT2D eigenvalue weighted by Crippen LogP contribution is 2.35. The number of carbonyl (C=O) groups is 1. The van der Waals surface area contributed by atoms with Gasteiger partial charge in [0.2, 0.25) is 10.0 Å². The average Bonchev–Trinajstić information content (AvgIpc) is 2.34. The van der Waals surface area contributed by atoms with Gasteiger partial charge in [0, 0.05) is 0 Å². The number of aliphatic carboxylic acids is 1. The third-order valence-electron chi connectivity index (χ3n) is 2.33. The van der Waals surface area contributed by atoms with E-state index >= 15 is 0 Å². The van der Waals surface area contributed by atoms with Gasteiger partial charge in [0.05, 0.1) is 22.1 Å². The van der Waals surface area contributed by atoms with Gasteiger partial charge in [0.25, 0.3) is 0 Å². The van der Waals surface area contributed by atoms with E-state index in [1.54, 1.807) is 4.72 Å². The molecular formula is C10H9ClF3NO5S. The topological polar surface area (TPSA) is 104 Å². The molecule has 1 atom stereocenters. The molecule has 0 aromatic heterocycles. The molecule has 11 heteroatoms. The summed E-state index contributed by atoms with van der Waals surface area (Å²) in [5, 5.41) is 16.7. The Morgan fingerprint density at radius 1 is 1.38 bits per heavy atom. The minimum Gasteiger partial charge on any atom is -0.480 e. The molecule has 3 N–H and O–H groups in total. The zero-order valence-corrected chi connectivity index (χ0v) is 11.6. The van der Waals surface area contributed by atoms with Gasteiger partial charge in [-0.05, 0) is 18.2 Å². The molecule has 0 saturated carbocycles. The molecule has 1 aromatic rings. The summed E-state index contributed by atoms with van der Waals surface area (Å²) >= 11 is 5.35. The molecule has 0 aliphatic carbocycles. The standard InChI is InChI=1S/C10H9ClF3NO5S/c11-7-2-1-5(3-6(7)10(12,13)14)21(19,20)15-8(4-16)9(17)18/h1-3,8,15-16H,4H2,(H,17,18)/t8-/m0/s1. The number of nitrogens with one attached hydrogen (secondary N) is 1. The molecule has 0 saturated heterocycles. The number of halogens is 4. The van der Waals surface area contributed by atoms with Crippen LogP contribution in [0, 0.1) is 0 Å². The van der Waals surface area contributed by atoms with Crippen LogP contribution in [-0.2, 0) is 21.0 Å². The lowest BCUT2D eigenvalue weighted by molar-refractivity contribution is -0.140. The minimum absolute atomic E-state index is 0.279. The minimum atomic E-state index is -4.87. The maximum Gasteiger partial charge on any atom is 0.417 e. The number of aliphatic hydroxyl groups excluding tert-OH is 1. The first-order chi connectivity index (χ1) is 9.49. The summed E-state index contributed by atoms with van der Waals surface area (Å²) in [6.07, 6.45) is -4.87. The Kier molecular flexibility index (Phi) is 5.20. The Morgan fingerprint density at radius 2 is 1.95 bits per heavy atom. The van der Waals surface area contributed by atoms with Gasteiger partial charge in [0.15, 0.2) is 0 Å². The van der Waals surface area contributed by atoms with Gasteiger partial charge in [-0.15, -0.1) is 0 Å². The molecule has 0 radical (unpaired) electrons.